The molecule has 1 aliphatic heterocycles. The first kappa shape index (κ1) is 12.4. The summed E-state index contributed by atoms with van der Waals surface area (Å²) in [5.74, 6) is 0.881. The van der Waals surface area contributed by atoms with Gasteiger partial charge in [0.05, 0.1) is 6.26 Å². The molecule has 1 aliphatic carbocycles. The molecular formula is C12H23NO2S. The second-order valence-electron chi connectivity index (χ2n) is 5.74. The Bertz CT molecular complexity index is 344. The van der Waals surface area contributed by atoms with Gasteiger partial charge in [0.1, 0.15) is 0 Å². The Hall–Kier alpha value is -0.0900. The van der Waals surface area contributed by atoms with Crippen LogP contribution in [0.25, 0.3) is 0 Å². The molecule has 2 rings (SSSR count). The molecule has 4 heteroatoms. The Morgan fingerprint density at radius 2 is 1.94 bits per heavy atom. The van der Waals surface area contributed by atoms with Crippen molar-refractivity contribution in [2.45, 2.75) is 45.4 Å². The summed E-state index contributed by atoms with van der Waals surface area (Å²) < 4.78 is 24.4. The summed E-state index contributed by atoms with van der Waals surface area (Å²) in [4.78, 5) is 0. The van der Waals surface area contributed by atoms with Gasteiger partial charge in [-0.05, 0) is 30.6 Å². The van der Waals surface area contributed by atoms with Gasteiger partial charge in [0, 0.05) is 13.1 Å². The molecule has 0 bridgehead atoms. The molecule has 2 fully saturated rings. The van der Waals surface area contributed by atoms with Crippen molar-refractivity contribution in [3.63, 3.8) is 0 Å². The Balaban J connectivity index is 1.93. The Morgan fingerprint density at radius 1 is 1.25 bits per heavy atom. The van der Waals surface area contributed by atoms with E-state index in [0.717, 1.165) is 19.0 Å². The minimum absolute atomic E-state index is 0.340. The fourth-order valence-corrected chi connectivity index (χ4v) is 4.22. The van der Waals surface area contributed by atoms with Gasteiger partial charge in [0.25, 0.3) is 0 Å². The molecule has 1 unspecified atom stereocenters. The second kappa shape index (κ2) is 4.30. The molecule has 3 nitrogen and oxygen atoms in total. The Kier molecular flexibility index (Phi) is 3.32. The summed E-state index contributed by atoms with van der Waals surface area (Å²) in [5.41, 5.74) is 0.340. The highest BCUT2D eigenvalue weighted by Gasteiger charge is 2.46. The van der Waals surface area contributed by atoms with Crippen molar-refractivity contribution in [2.75, 3.05) is 19.3 Å². The number of nitrogens with zero attached hydrogens (tertiary/aromatic N) is 1. The maximum atomic E-state index is 11.4. The predicted octanol–water partition coefficient (Wildman–Crippen LogP) is 2.24. The van der Waals surface area contributed by atoms with Crippen molar-refractivity contribution >= 4 is 10.0 Å². The van der Waals surface area contributed by atoms with Crippen LogP contribution in [0.3, 0.4) is 0 Å². The predicted molar refractivity (Wildman–Crippen MR) is 65.7 cm³/mol. The van der Waals surface area contributed by atoms with Gasteiger partial charge in [-0.25, -0.2) is 12.7 Å². The zero-order chi connectivity index (χ0) is 11.8. The molecule has 1 atom stereocenters. The molecule has 1 saturated carbocycles. The van der Waals surface area contributed by atoms with Gasteiger partial charge >= 0.3 is 0 Å². The highest BCUT2D eigenvalue weighted by atomic mass is 32.2. The molecule has 2 aliphatic rings. The van der Waals surface area contributed by atoms with E-state index in [4.69, 9.17) is 0 Å². The summed E-state index contributed by atoms with van der Waals surface area (Å²) in [5, 5.41) is 0. The van der Waals surface area contributed by atoms with Gasteiger partial charge in [-0.3, -0.25) is 0 Å². The zero-order valence-corrected chi connectivity index (χ0v) is 11.2. The van der Waals surface area contributed by atoms with Crippen LogP contribution >= 0.6 is 0 Å². The van der Waals surface area contributed by atoms with Crippen LogP contribution in [0.5, 0.6) is 0 Å². The van der Waals surface area contributed by atoms with E-state index in [9.17, 15) is 8.42 Å². The maximum Gasteiger partial charge on any atom is 0.211 e. The van der Waals surface area contributed by atoms with E-state index in [0.29, 0.717) is 5.41 Å². The topological polar surface area (TPSA) is 37.4 Å². The lowest BCUT2D eigenvalue weighted by Crippen LogP contribution is -2.57. The van der Waals surface area contributed by atoms with Gasteiger partial charge < -0.3 is 0 Å². The van der Waals surface area contributed by atoms with Crippen LogP contribution in [0.2, 0.25) is 0 Å². The van der Waals surface area contributed by atoms with Crippen LogP contribution in [0.15, 0.2) is 0 Å². The van der Waals surface area contributed by atoms with Crippen LogP contribution in [-0.4, -0.2) is 32.1 Å². The van der Waals surface area contributed by atoms with Gasteiger partial charge in [0.15, 0.2) is 0 Å². The molecule has 16 heavy (non-hydrogen) atoms. The monoisotopic (exact) mass is 245 g/mol. The third-order valence-corrected chi connectivity index (χ3v) is 5.67. The fraction of sp³-hybridized carbons (Fsp3) is 1.00. The van der Waals surface area contributed by atoms with Crippen molar-refractivity contribution in [3.05, 3.63) is 0 Å². The molecule has 0 aromatic carbocycles. The third-order valence-electron chi connectivity index (χ3n) is 4.47. The lowest BCUT2D eigenvalue weighted by Gasteiger charge is -2.48. The van der Waals surface area contributed by atoms with Crippen LogP contribution in [-0.2, 0) is 10.0 Å². The number of rotatable bonds is 2. The minimum Gasteiger partial charge on any atom is -0.213 e. The van der Waals surface area contributed by atoms with E-state index >= 15 is 0 Å². The molecule has 1 heterocycles. The van der Waals surface area contributed by atoms with Crippen LogP contribution < -0.4 is 0 Å². The lowest BCUT2D eigenvalue weighted by atomic mass is 9.75. The van der Waals surface area contributed by atoms with Crippen molar-refractivity contribution in [2.24, 2.45) is 11.3 Å². The first-order chi connectivity index (χ1) is 7.45. The highest BCUT2D eigenvalue weighted by Crippen LogP contribution is 2.45. The van der Waals surface area contributed by atoms with Gasteiger partial charge in [-0.1, -0.05) is 26.2 Å². The van der Waals surface area contributed by atoms with Crippen molar-refractivity contribution in [3.8, 4) is 0 Å². The van der Waals surface area contributed by atoms with E-state index in [1.165, 1.54) is 44.8 Å². The SMILES string of the molecule is CCC1CCCC2(CC1)CN(S(C)(=O)=O)C2. The van der Waals surface area contributed by atoms with E-state index in [-0.39, 0.29) is 0 Å². The van der Waals surface area contributed by atoms with Crippen molar-refractivity contribution in [1.29, 1.82) is 0 Å². The summed E-state index contributed by atoms with van der Waals surface area (Å²) in [6, 6.07) is 0. The molecule has 1 spiro atoms. The molecule has 0 aromatic heterocycles. The summed E-state index contributed by atoms with van der Waals surface area (Å²) >= 11 is 0. The normalized spacial score (nSPS) is 31.0. The van der Waals surface area contributed by atoms with Crippen LogP contribution in [0.4, 0.5) is 0 Å². The molecule has 0 aromatic rings. The number of hydrogen-bond acceptors (Lipinski definition) is 2. The Morgan fingerprint density at radius 3 is 2.50 bits per heavy atom. The van der Waals surface area contributed by atoms with E-state index in [1.54, 1.807) is 4.31 Å². The maximum absolute atomic E-state index is 11.4. The number of hydrogen-bond donors (Lipinski definition) is 0. The van der Waals surface area contributed by atoms with Crippen molar-refractivity contribution < 1.29 is 8.42 Å². The van der Waals surface area contributed by atoms with Gasteiger partial charge in [-0.2, -0.15) is 0 Å². The molecular weight excluding hydrogens is 222 g/mol. The lowest BCUT2D eigenvalue weighted by molar-refractivity contribution is 0.0528. The molecule has 94 valence electrons. The highest BCUT2D eigenvalue weighted by molar-refractivity contribution is 7.88. The number of sulfonamides is 1. The standard InChI is InChI=1S/C12H23NO2S/c1-3-11-5-4-7-12(8-6-11)9-13(10-12)16(2,14)15/h11H,3-10H2,1-2H3. The van der Waals surface area contributed by atoms with Crippen LogP contribution in [0, 0.1) is 11.3 Å². The Labute approximate surface area is 99.3 Å². The first-order valence-electron chi connectivity index (χ1n) is 6.40. The largest absolute Gasteiger partial charge is 0.213 e. The second-order valence-corrected chi connectivity index (χ2v) is 7.72. The van der Waals surface area contributed by atoms with E-state index < -0.39 is 10.0 Å². The smallest absolute Gasteiger partial charge is 0.211 e. The van der Waals surface area contributed by atoms with Gasteiger partial charge in [0.2, 0.25) is 10.0 Å². The van der Waals surface area contributed by atoms with Crippen LogP contribution in [0.1, 0.15) is 45.4 Å². The molecule has 0 radical (unpaired) electrons. The van der Waals surface area contributed by atoms with Gasteiger partial charge in [-0.15, -0.1) is 0 Å². The average molecular weight is 245 g/mol. The third kappa shape index (κ3) is 2.43. The average Bonchev–Trinajstić information content (AvgIpc) is 2.35. The summed E-state index contributed by atoms with van der Waals surface area (Å²) in [7, 11) is -2.94. The fourth-order valence-electron chi connectivity index (χ4n) is 3.21. The zero-order valence-electron chi connectivity index (χ0n) is 10.4. The van der Waals surface area contributed by atoms with Crippen molar-refractivity contribution in [1.82, 2.24) is 4.31 Å². The summed E-state index contributed by atoms with van der Waals surface area (Å²) in [6.07, 6.45) is 9.01. The first-order valence-corrected chi connectivity index (χ1v) is 8.25. The minimum atomic E-state index is -2.94. The molecule has 1 saturated heterocycles. The summed E-state index contributed by atoms with van der Waals surface area (Å²) in [6.45, 7) is 3.83. The quantitative estimate of drug-likeness (QED) is 0.748. The molecule has 0 N–H and O–H groups in total. The van der Waals surface area contributed by atoms with E-state index in [1.807, 2.05) is 0 Å². The van der Waals surface area contributed by atoms with E-state index in [2.05, 4.69) is 6.92 Å². The molecule has 0 amide bonds.